The number of amides is 2. The van der Waals surface area contributed by atoms with E-state index in [1.165, 1.54) is 33.5 Å². The van der Waals surface area contributed by atoms with E-state index in [2.05, 4.69) is 6.92 Å². The van der Waals surface area contributed by atoms with Gasteiger partial charge in [0, 0.05) is 37.4 Å². The predicted octanol–water partition coefficient (Wildman–Crippen LogP) is 1.94. The van der Waals surface area contributed by atoms with E-state index in [0.717, 1.165) is 23.3 Å². The fourth-order valence-corrected chi connectivity index (χ4v) is 5.20. The highest BCUT2D eigenvalue weighted by atomic mass is 32.2. The number of aryl methyl sites for hydroxylation is 1. The molecule has 2 aromatic rings. The molecule has 0 bridgehead atoms. The Morgan fingerprint density at radius 3 is 2.12 bits per heavy atom. The molecule has 1 fully saturated rings. The van der Waals surface area contributed by atoms with Gasteiger partial charge < -0.3 is 15.7 Å². The van der Waals surface area contributed by atoms with Crippen LogP contribution in [-0.2, 0) is 21.2 Å². The maximum absolute atomic E-state index is 13.1. The second-order valence-corrected chi connectivity index (χ2v) is 9.95. The number of carbonyl (C=O) groups excluding carboxylic acids is 1. The van der Waals surface area contributed by atoms with Gasteiger partial charge >= 0.3 is 12.0 Å². The van der Waals surface area contributed by atoms with Crippen LogP contribution in [0.5, 0.6) is 0 Å². The third kappa shape index (κ3) is 5.72. The Morgan fingerprint density at radius 2 is 1.62 bits per heavy atom. The highest BCUT2D eigenvalue weighted by molar-refractivity contribution is 7.89. The van der Waals surface area contributed by atoms with E-state index in [1.54, 1.807) is 12.1 Å². The lowest BCUT2D eigenvalue weighted by atomic mass is 10.1. The Labute approximate surface area is 199 Å². The monoisotopic (exact) mass is 487 g/mol. The topological polar surface area (TPSA) is 148 Å². The minimum atomic E-state index is -3.69. The van der Waals surface area contributed by atoms with Crippen molar-refractivity contribution in [3.05, 3.63) is 59.7 Å². The van der Waals surface area contributed by atoms with Crippen LogP contribution < -0.4 is 10.6 Å². The van der Waals surface area contributed by atoms with Crippen LogP contribution in [0.3, 0.4) is 0 Å². The lowest BCUT2D eigenvalue weighted by Gasteiger charge is -2.36. The van der Waals surface area contributed by atoms with Crippen molar-refractivity contribution in [3.8, 4) is 0 Å². The quantitative estimate of drug-likeness (QED) is 0.383. The van der Waals surface area contributed by atoms with Crippen molar-refractivity contribution in [2.75, 3.05) is 37.6 Å². The number of nitrogens with two attached hydrogens (primary N) is 1. The van der Waals surface area contributed by atoms with Crippen LogP contribution in [0.4, 0.5) is 10.5 Å². The summed E-state index contributed by atoms with van der Waals surface area (Å²) in [5.74, 6) is -1.32. The Kier molecular flexibility index (Phi) is 7.90. The first-order valence-corrected chi connectivity index (χ1v) is 12.4. The van der Waals surface area contributed by atoms with Crippen molar-refractivity contribution < 1.29 is 23.1 Å². The summed E-state index contributed by atoms with van der Waals surface area (Å²) in [4.78, 5) is 27.3. The van der Waals surface area contributed by atoms with Crippen LogP contribution in [0, 0.1) is 5.41 Å². The van der Waals surface area contributed by atoms with E-state index in [4.69, 9.17) is 11.1 Å². The molecule has 4 N–H and O–H groups in total. The van der Waals surface area contributed by atoms with Crippen molar-refractivity contribution in [2.24, 2.45) is 5.73 Å². The second kappa shape index (κ2) is 10.7. The third-order valence-electron chi connectivity index (χ3n) is 5.62. The number of nitrogens with zero attached hydrogens (tertiary/aromatic N) is 3. The van der Waals surface area contributed by atoms with Crippen molar-refractivity contribution in [1.82, 2.24) is 9.21 Å². The molecule has 1 saturated heterocycles. The first kappa shape index (κ1) is 25.2. The molecule has 0 unspecified atom stereocenters. The van der Waals surface area contributed by atoms with E-state index in [9.17, 15) is 23.1 Å². The smallest absolute Gasteiger partial charge is 0.325 e. The zero-order valence-electron chi connectivity index (χ0n) is 19.0. The zero-order valence-corrected chi connectivity index (χ0v) is 19.8. The van der Waals surface area contributed by atoms with Crippen LogP contribution >= 0.6 is 0 Å². The number of amidine groups is 1. The minimum absolute atomic E-state index is 0.106. The summed E-state index contributed by atoms with van der Waals surface area (Å²) in [7, 11) is -3.69. The summed E-state index contributed by atoms with van der Waals surface area (Å²) in [6.07, 6.45) is 1.85. The molecule has 0 atom stereocenters. The fourth-order valence-electron chi connectivity index (χ4n) is 3.78. The molecule has 2 aromatic carbocycles. The number of carbonyl (C=O) groups is 2. The van der Waals surface area contributed by atoms with Gasteiger partial charge in [-0.05, 0) is 48.4 Å². The number of anilines is 1. The molecule has 1 heterocycles. The number of nitrogens with one attached hydrogen (secondary N) is 1. The summed E-state index contributed by atoms with van der Waals surface area (Å²) in [5.41, 5.74) is 7.33. The molecule has 3 rings (SSSR count). The average molecular weight is 488 g/mol. The number of aliphatic carboxylic acids is 1. The molecule has 1 aliphatic heterocycles. The largest absolute Gasteiger partial charge is 0.480 e. The Balaban J connectivity index is 1.70. The first-order chi connectivity index (χ1) is 16.1. The SMILES string of the molecule is CCCc1ccc(S(=O)(=O)N2CCN(C(=O)N(CC(=O)O)c3ccc(C(=N)N)cc3)CC2)cc1. The van der Waals surface area contributed by atoms with Crippen molar-refractivity contribution in [2.45, 2.75) is 24.7 Å². The molecular weight excluding hydrogens is 458 g/mol. The molecule has 182 valence electrons. The van der Waals surface area contributed by atoms with Gasteiger partial charge in [-0.1, -0.05) is 25.5 Å². The Morgan fingerprint density at radius 1 is 1.03 bits per heavy atom. The van der Waals surface area contributed by atoms with Gasteiger partial charge in [0.1, 0.15) is 12.4 Å². The van der Waals surface area contributed by atoms with Gasteiger partial charge in [0.25, 0.3) is 0 Å². The maximum atomic E-state index is 13.1. The van der Waals surface area contributed by atoms with Gasteiger partial charge in [0.15, 0.2) is 0 Å². The van der Waals surface area contributed by atoms with Crippen molar-refractivity contribution in [1.29, 1.82) is 5.41 Å². The van der Waals surface area contributed by atoms with Crippen LogP contribution in [-0.4, -0.2) is 73.3 Å². The second-order valence-electron chi connectivity index (χ2n) is 8.01. The predicted molar refractivity (Wildman–Crippen MR) is 129 cm³/mol. The van der Waals surface area contributed by atoms with Gasteiger partial charge in [-0.25, -0.2) is 13.2 Å². The number of sulfonamides is 1. The van der Waals surface area contributed by atoms with Gasteiger partial charge in [-0.2, -0.15) is 4.31 Å². The molecule has 1 aliphatic rings. The molecule has 2 amide bonds. The Hall–Kier alpha value is -3.44. The highest BCUT2D eigenvalue weighted by Gasteiger charge is 2.32. The number of urea groups is 1. The van der Waals surface area contributed by atoms with E-state index < -0.39 is 28.6 Å². The molecule has 0 aromatic heterocycles. The van der Waals surface area contributed by atoms with Crippen LogP contribution in [0.25, 0.3) is 0 Å². The zero-order chi connectivity index (χ0) is 24.9. The molecule has 11 heteroatoms. The van der Waals surface area contributed by atoms with E-state index in [-0.39, 0.29) is 36.9 Å². The third-order valence-corrected chi connectivity index (χ3v) is 7.54. The number of rotatable bonds is 8. The number of benzene rings is 2. The lowest BCUT2D eigenvalue weighted by Crippen LogP contribution is -2.54. The molecule has 0 radical (unpaired) electrons. The maximum Gasteiger partial charge on any atom is 0.325 e. The average Bonchev–Trinajstić information content (AvgIpc) is 2.83. The summed E-state index contributed by atoms with van der Waals surface area (Å²) in [5, 5.41) is 16.8. The number of carboxylic acids is 1. The van der Waals surface area contributed by atoms with Gasteiger partial charge in [0.2, 0.25) is 10.0 Å². The van der Waals surface area contributed by atoms with Crippen LogP contribution in [0.1, 0.15) is 24.5 Å². The van der Waals surface area contributed by atoms with Crippen molar-refractivity contribution in [3.63, 3.8) is 0 Å². The summed E-state index contributed by atoms with van der Waals surface area (Å²) in [6, 6.07) is 12.5. The molecule has 34 heavy (non-hydrogen) atoms. The minimum Gasteiger partial charge on any atom is -0.480 e. The van der Waals surface area contributed by atoms with Crippen LogP contribution in [0.2, 0.25) is 0 Å². The number of piperazine rings is 1. The molecule has 10 nitrogen and oxygen atoms in total. The fraction of sp³-hybridized carbons (Fsp3) is 0.348. The molecular formula is C23H29N5O5S. The standard InChI is InChI=1S/C23H29N5O5S/c1-2-3-17-4-10-20(11-5-17)34(32,33)27-14-12-26(13-15-27)23(31)28(16-21(29)30)19-8-6-18(7-9-19)22(24)25/h4-11H,2-3,12-16H2,1H3,(H3,24,25)(H,29,30). The van der Waals surface area contributed by atoms with E-state index in [0.29, 0.717) is 11.3 Å². The molecule has 0 spiro atoms. The lowest BCUT2D eigenvalue weighted by molar-refractivity contribution is -0.135. The number of hydrogen-bond acceptors (Lipinski definition) is 5. The number of carboxylic acid groups (broad SMARTS) is 1. The normalized spacial score (nSPS) is 14.6. The van der Waals surface area contributed by atoms with Crippen molar-refractivity contribution >= 4 is 33.5 Å². The molecule has 0 aliphatic carbocycles. The number of nitrogen functional groups attached to an aromatic ring is 1. The summed E-state index contributed by atoms with van der Waals surface area (Å²) >= 11 is 0. The highest BCUT2D eigenvalue weighted by Crippen LogP contribution is 2.21. The Bertz CT molecular complexity index is 1140. The van der Waals surface area contributed by atoms with Gasteiger partial charge in [-0.3, -0.25) is 15.1 Å². The van der Waals surface area contributed by atoms with E-state index >= 15 is 0 Å². The van der Waals surface area contributed by atoms with Gasteiger partial charge in [0.05, 0.1) is 4.90 Å². The van der Waals surface area contributed by atoms with E-state index in [1.807, 2.05) is 12.1 Å². The summed E-state index contributed by atoms with van der Waals surface area (Å²) in [6.45, 7) is 1.98. The van der Waals surface area contributed by atoms with Crippen LogP contribution in [0.15, 0.2) is 53.4 Å². The van der Waals surface area contributed by atoms with Gasteiger partial charge in [-0.15, -0.1) is 0 Å². The first-order valence-electron chi connectivity index (χ1n) is 10.9. The molecule has 0 saturated carbocycles. The number of hydrogen-bond donors (Lipinski definition) is 3. The summed E-state index contributed by atoms with van der Waals surface area (Å²) < 4.78 is 27.4.